The molecular formula is C7H10ClN3S. The van der Waals surface area contributed by atoms with Gasteiger partial charge in [-0.2, -0.15) is 4.37 Å². The second-order valence-electron chi connectivity index (χ2n) is 3.19. The molecule has 0 amide bonds. The van der Waals surface area contributed by atoms with E-state index in [0.717, 1.165) is 23.8 Å². The number of hydrogen-bond acceptors (Lipinski definition) is 4. The summed E-state index contributed by atoms with van der Waals surface area (Å²) in [6.45, 7) is 1.89. The summed E-state index contributed by atoms with van der Waals surface area (Å²) in [5.74, 6) is 1.49. The van der Waals surface area contributed by atoms with Gasteiger partial charge in [-0.05, 0) is 19.8 Å². The average Bonchev–Trinajstić information content (AvgIpc) is 2.71. The van der Waals surface area contributed by atoms with E-state index in [9.17, 15) is 0 Å². The third kappa shape index (κ3) is 1.54. The molecule has 0 spiro atoms. The highest BCUT2D eigenvalue weighted by Gasteiger charge is 2.42. The van der Waals surface area contributed by atoms with E-state index in [0.29, 0.717) is 5.88 Å². The average molecular weight is 204 g/mol. The molecule has 1 aliphatic rings. The second kappa shape index (κ2) is 2.85. The Hall–Kier alpha value is -0.350. The molecule has 1 heterocycles. The Balaban J connectivity index is 2.04. The topological polar surface area (TPSA) is 37.8 Å². The van der Waals surface area contributed by atoms with E-state index in [1.54, 1.807) is 0 Å². The summed E-state index contributed by atoms with van der Waals surface area (Å²) in [5, 5.41) is 4.21. The van der Waals surface area contributed by atoms with Gasteiger partial charge in [-0.3, -0.25) is 0 Å². The van der Waals surface area contributed by atoms with Gasteiger partial charge < -0.3 is 5.32 Å². The van der Waals surface area contributed by atoms with Crippen LogP contribution in [0.1, 0.15) is 18.7 Å². The van der Waals surface area contributed by atoms with Gasteiger partial charge in [-0.25, -0.2) is 4.98 Å². The fourth-order valence-corrected chi connectivity index (χ4v) is 2.05. The molecule has 0 aromatic carbocycles. The summed E-state index contributed by atoms with van der Waals surface area (Å²) in [6.07, 6.45) is 2.30. The normalized spacial score (nSPS) is 19.2. The molecule has 0 radical (unpaired) electrons. The van der Waals surface area contributed by atoms with Gasteiger partial charge >= 0.3 is 0 Å². The lowest BCUT2D eigenvalue weighted by atomic mass is 10.3. The maximum Gasteiger partial charge on any atom is 0.203 e. The molecule has 0 saturated heterocycles. The molecule has 66 valence electrons. The van der Waals surface area contributed by atoms with Crippen LogP contribution in [0.15, 0.2) is 0 Å². The number of nitrogens with one attached hydrogen (secondary N) is 1. The van der Waals surface area contributed by atoms with Crippen LogP contribution in [0, 0.1) is 6.92 Å². The lowest BCUT2D eigenvalue weighted by Crippen LogP contribution is -2.22. The number of halogens is 1. The molecule has 1 aliphatic carbocycles. The SMILES string of the molecule is Cc1nsc(NC2(CCl)CC2)n1. The Morgan fingerprint density at radius 3 is 2.83 bits per heavy atom. The molecule has 3 nitrogen and oxygen atoms in total. The zero-order valence-corrected chi connectivity index (χ0v) is 8.37. The number of aromatic nitrogens is 2. The van der Waals surface area contributed by atoms with Crippen LogP contribution in [0.25, 0.3) is 0 Å². The van der Waals surface area contributed by atoms with Crippen LogP contribution < -0.4 is 5.32 Å². The molecule has 1 saturated carbocycles. The summed E-state index contributed by atoms with van der Waals surface area (Å²) in [5.41, 5.74) is 0.132. The van der Waals surface area contributed by atoms with Gasteiger partial charge in [0.1, 0.15) is 5.82 Å². The maximum atomic E-state index is 5.81. The molecule has 0 atom stereocenters. The molecule has 0 bridgehead atoms. The monoisotopic (exact) mass is 203 g/mol. The molecule has 1 aromatic heterocycles. The molecular weight excluding hydrogens is 194 g/mol. The van der Waals surface area contributed by atoms with Crippen LogP contribution in [0.3, 0.4) is 0 Å². The van der Waals surface area contributed by atoms with Crippen molar-refractivity contribution in [2.75, 3.05) is 11.2 Å². The first-order valence-corrected chi connectivity index (χ1v) is 5.19. The second-order valence-corrected chi connectivity index (χ2v) is 4.20. The first kappa shape index (κ1) is 8.26. The minimum Gasteiger partial charge on any atom is -0.354 e. The maximum absolute atomic E-state index is 5.81. The zero-order valence-electron chi connectivity index (χ0n) is 6.80. The third-order valence-electron chi connectivity index (χ3n) is 2.01. The lowest BCUT2D eigenvalue weighted by molar-refractivity contribution is 0.834. The highest BCUT2D eigenvalue weighted by molar-refractivity contribution is 7.09. The molecule has 0 unspecified atom stereocenters. The number of rotatable bonds is 3. The molecule has 1 N–H and O–H groups in total. The van der Waals surface area contributed by atoms with Gasteiger partial charge in [0.05, 0.1) is 5.54 Å². The van der Waals surface area contributed by atoms with Gasteiger partial charge in [0.25, 0.3) is 0 Å². The quantitative estimate of drug-likeness (QED) is 0.764. The predicted molar refractivity (Wildman–Crippen MR) is 51.0 cm³/mol. The summed E-state index contributed by atoms with van der Waals surface area (Å²) >= 11 is 7.21. The molecule has 5 heteroatoms. The van der Waals surface area contributed by atoms with Gasteiger partial charge in [0, 0.05) is 17.4 Å². The van der Waals surface area contributed by atoms with Gasteiger partial charge in [-0.15, -0.1) is 11.6 Å². The molecule has 1 aromatic rings. The van der Waals surface area contributed by atoms with E-state index < -0.39 is 0 Å². The minimum atomic E-state index is 0.132. The van der Waals surface area contributed by atoms with Crippen LogP contribution in [0.2, 0.25) is 0 Å². The Kier molecular flexibility index (Phi) is 1.96. The standard InChI is InChI=1S/C7H10ClN3S/c1-5-9-6(12-11-5)10-7(4-8)2-3-7/h2-4H2,1H3,(H,9,10,11). The predicted octanol–water partition coefficient (Wildman–Crippen LogP) is 2.03. The van der Waals surface area contributed by atoms with Crippen molar-refractivity contribution in [3.63, 3.8) is 0 Å². The van der Waals surface area contributed by atoms with E-state index in [-0.39, 0.29) is 5.54 Å². The third-order valence-corrected chi connectivity index (χ3v) is 3.24. The van der Waals surface area contributed by atoms with Crippen molar-refractivity contribution in [3.8, 4) is 0 Å². The number of nitrogens with zero attached hydrogens (tertiary/aromatic N) is 2. The van der Waals surface area contributed by atoms with Crippen LogP contribution >= 0.6 is 23.1 Å². The number of anilines is 1. The largest absolute Gasteiger partial charge is 0.354 e. The van der Waals surface area contributed by atoms with Crippen LogP contribution in [0.5, 0.6) is 0 Å². The van der Waals surface area contributed by atoms with Crippen LogP contribution in [-0.2, 0) is 0 Å². The van der Waals surface area contributed by atoms with Crippen LogP contribution in [0.4, 0.5) is 5.13 Å². The van der Waals surface area contributed by atoms with Crippen molar-refractivity contribution in [1.29, 1.82) is 0 Å². The zero-order chi connectivity index (χ0) is 8.60. The smallest absolute Gasteiger partial charge is 0.203 e. The Morgan fingerprint density at radius 1 is 1.67 bits per heavy atom. The molecule has 0 aliphatic heterocycles. The molecule has 1 fully saturated rings. The van der Waals surface area contributed by atoms with Gasteiger partial charge in [0.15, 0.2) is 0 Å². The summed E-state index contributed by atoms with van der Waals surface area (Å²) in [7, 11) is 0. The van der Waals surface area contributed by atoms with Crippen molar-refractivity contribution in [2.45, 2.75) is 25.3 Å². The highest BCUT2D eigenvalue weighted by atomic mass is 35.5. The van der Waals surface area contributed by atoms with Crippen LogP contribution in [-0.4, -0.2) is 20.8 Å². The van der Waals surface area contributed by atoms with E-state index in [1.807, 2.05) is 6.92 Å². The number of alkyl halides is 1. The Bertz CT molecular complexity index is 282. The van der Waals surface area contributed by atoms with Gasteiger partial charge in [0.2, 0.25) is 5.13 Å². The highest BCUT2D eigenvalue weighted by Crippen LogP contribution is 2.40. The van der Waals surface area contributed by atoms with E-state index in [2.05, 4.69) is 14.7 Å². The van der Waals surface area contributed by atoms with E-state index in [4.69, 9.17) is 11.6 Å². The van der Waals surface area contributed by atoms with Crippen molar-refractivity contribution < 1.29 is 0 Å². The lowest BCUT2D eigenvalue weighted by Gasteiger charge is -2.11. The minimum absolute atomic E-state index is 0.132. The summed E-state index contributed by atoms with van der Waals surface area (Å²) in [4.78, 5) is 4.22. The summed E-state index contributed by atoms with van der Waals surface area (Å²) < 4.78 is 4.09. The number of aryl methyl sites for hydroxylation is 1. The Labute approximate surface area is 80.3 Å². The van der Waals surface area contributed by atoms with Crippen molar-refractivity contribution in [1.82, 2.24) is 9.36 Å². The molecule has 12 heavy (non-hydrogen) atoms. The van der Waals surface area contributed by atoms with Crippen molar-refractivity contribution in [3.05, 3.63) is 5.82 Å². The Morgan fingerprint density at radius 2 is 2.42 bits per heavy atom. The fraction of sp³-hybridized carbons (Fsp3) is 0.714. The van der Waals surface area contributed by atoms with Crippen molar-refractivity contribution in [2.24, 2.45) is 0 Å². The number of hydrogen-bond donors (Lipinski definition) is 1. The fourth-order valence-electron chi connectivity index (χ4n) is 1.02. The first-order chi connectivity index (χ1) is 5.74. The molecule has 2 rings (SSSR count). The summed E-state index contributed by atoms with van der Waals surface area (Å²) in [6, 6.07) is 0. The van der Waals surface area contributed by atoms with Gasteiger partial charge in [-0.1, -0.05) is 0 Å². The van der Waals surface area contributed by atoms with E-state index in [1.165, 1.54) is 11.5 Å². The first-order valence-electron chi connectivity index (χ1n) is 3.89. The van der Waals surface area contributed by atoms with Crippen molar-refractivity contribution >= 4 is 28.3 Å². The van der Waals surface area contributed by atoms with E-state index >= 15 is 0 Å².